The summed E-state index contributed by atoms with van der Waals surface area (Å²) in [5.41, 5.74) is 0.675. The first-order chi connectivity index (χ1) is 12.9. The number of carbonyl (C=O) groups is 2. The van der Waals surface area contributed by atoms with Crippen molar-refractivity contribution in [3.8, 4) is 0 Å². The number of ketones is 2. The molecule has 140 valence electrons. The van der Waals surface area contributed by atoms with Crippen molar-refractivity contribution in [3.63, 3.8) is 0 Å². The zero-order chi connectivity index (χ0) is 18.9. The monoisotopic (exact) mass is 365 g/mol. The van der Waals surface area contributed by atoms with E-state index in [0.717, 1.165) is 16.5 Å². The van der Waals surface area contributed by atoms with Gasteiger partial charge in [-0.1, -0.05) is 18.2 Å². The maximum Gasteiger partial charge on any atom is 0.181 e. The van der Waals surface area contributed by atoms with Crippen LogP contribution in [0.4, 0.5) is 0 Å². The Bertz CT molecular complexity index is 991. The Morgan fingerprint density at radius 2 is 2.07 bits per heavy atom. The van der Waals surface area contributed by atoms with Gasteiger partial charge in [0.25, 0.3) is 0 Å². The van der Waals surface area contributed by atoms with Crippen LogP contribution in [0, 0.1) is 5.41 Å². The molecule has 4 atom stereocenters. The molecule has 3 aliphatic rings. The van der Waals surface area contributed by atoms with Crippen molar-refractivity contribution < 1.29 is 19.1 Å². The van der Waals surface area contributed by atoms with Crippen LogP contribution in [0.15, 0.2) is 42.6 Å². The number of hydrogen-bond donors (Lipinski definition) is 1. The summed E-state index contributed by atoms with van der Waals surface area (Å²) in [6, 6.07) is 8.07. The fraction of sp³-hybridized carbons (Fsp3) is 0.455. The molecule has 1 aromatic heterocycles. The molecule has 0 amide bonds. The quantitative estimate of drug-likeness (QED) is 0.882. The van der Waals surface area contributed by atoms with Crippen LogP contribution in [0.25, 0.3) is 10.9 Å². The van der Waals surface area contributed by atoms with Crippen LogP contribution in [-0.2, 0) is 19.1 Å². The van der Waals surface area contributed by atoms with E-state index < -0.39 is 16.8 Å². The number of allylic oxidation sites excluding steroid dienone is 1. The molecule has 1 spiro atoms. The van der Waals surface area contributed by atoms with E-state index in [4.69, 9.17) is 9.47 Å². The first kappa shape index (κ1) is 16.9. The van der Waals surface area contributed by atoms with Crippen LogP contribution in [0.2, 0.25) is 0 Å². The summed E-state index contributed by atoms with van der Waals surface area (Å²) in [6.45, 7) is 1.96. The molecule has 5 nitrogen and oxygen atoms in total. The Labute approximate surface area is 157 Å². The number of benzene rings is 1. The van der Waals surface area contributed by atoms with E-state index in [0.29, 0.717) is 25.7 Å². The van der Waals surface area contributed by atoms with E-state index in [1.165, 1.54) is 0 Å². The molecule has 1 aliphatic heterocycles. The third-order valence-electron chi connectivity index (χ3n) is 6.99. The number of carbonyl (C=O) groups excluding carboxylic acids is 2. The first-order valence-corrected chi connectivity index (χ1v) is 9.50. The van der Waals surface area contributed by atoms with Crippen molar-refractivity contribution >= 4 is 22.5 Å². The van der Waals surface area contributed by atoms with Crippen molar-refractivity contribution in [3.05, 3.63) is 48.2 Å². The molecule has 0 unspecified atom stereocenters. The van der Waals surface area contributed by atoms with Crippen LogP contribution >= 0.6 is 0 Å². The molecule has 1 saturated carbocycles. The molecule has 5 heteroatoms. The third kappa shape index (κ3) is 2.07. The minimum absolute atomic E-state index is 0.0829. The van der Waals surface area contributed by atoms with Crippen LogP contribution < -0.4 is 0 Å². The SMILES string of the molecule is CO[C@]12CCC(=O)[C@@]1(C)C[C@]1(C=CC(=O)C[C@@H]1c1c[nH]c3ccccc13)O2. The lowest BCUT2D eigenvalue weighted by atomic mass is 9.68. The van der Waals surface area contributed by atoms with Crippen molar-refractivity contribution in [2.45, 2.75) is 49.9 Å². The van der Waals surface area contributed by atoms with Gasteiger partial charge < -0.3 is 14.5 Å². The van der Waals surface area contributed by atoms with Crippen LogP contribution in [-0.4, -0.2) is 35.0 Å². The predicted octanol–water partition coefficient (Wildman–Crippen LogP) is 3.65. The highest BCUT2D eigenvalue weighted by Crippen LogP contribution is 2.63. The van der Waals surface area contributed by atoms with Gasteiger partial charge in [0.15, 0.2) is 11.6 Å². The molecule has 0 radical (unpaired) electrons. The summed E-state index contributed by atoms with van der Waals surface area (Å²) in [6.07, 6.45) is 7.39. The van der Waals surface area contributed by atoms with Gasteiger partial charge in [-0.15, -0.1) is 0 Å². The van der Waals surface area contributed by atoms with Crippen molar-refractivity contribution in [2.24, 2.45) is 5.41 Å². The fourth-order valence-electron chi connectivity index (χ4n) is 5.54. The number of para-hydroxylation sites is 1. The standard InChI is InChI=1S/C22H23NO4/c1-20-13-21(27-22(20,26-2)10-8-19(20)25)9-7-14(24)11-17(21)16-12-23-18-6-4-3-5-15(16)18/h3-7,9,12,17,23H,8,10-11,13H2,1-2H3/t17-,20-,21+,22+/m1/s1. The second-order valence-corrected chi connectivity index (χ2v) is 8.29. The highest BCUT2D eigenvalue weighted by atomic mass is 16.7. The smallest absolute Gasteiger partial charge is 0.181 e. The number of nitrogens with one attached hydrogen (secondary N) is 1. The van der Waals surface area contributed by atoms with Gasteiger partial charge in [-0.05, 0) is 37.1 Å². The van der Waals surface area contributed by atoms with Gasteiger partial charge in [0.2, 0.25) is 0 Å². The maximum absolute atomic E-state index is 12.8. The van der Waals surface area contributed by atoms with E-state index in [9.17, 15) is 9.59 Å². The number of Topliss-reactive ketones (excluding diaryl/α,β-unsaturated/α-hetero) is 1. The van der Waals surface area contributed by atoms with E-state index in [1.807, 2.05) is 37.4 Å². The van der Waals surface area contributed by atoms with E-state index in [1.54, 1.807) is 13.2 Å². The molecule has 27 heavy (non-hydrogen) atoms. The Kier molecular flexibility index (Phi) is 3.38. The summed E-state index contributed by atoms with van der Waals surface area (Å²) < 4.78 is 12.5. The maximum atomic E-state index is 12.8. The van der Waals surface area contributed by atoms with Gasteiger partial charge in [-0.2, -0.15) is 0 Å². The number of hydrogen-bond acceptors (Lipinski definition) is 4. The molecule has 1 aromatic carbocycles. The van der Waals surface area contributed by atoms with E-state index >= 15 is 0 Å². The number of H-pyrrole nitrogens is 1. The zero-order valence-corrected chi connectivity index (χ0v) is 15.6. The van der Waals surface area contributed by atoms with Gasteiger partial charge in [-0.25, -0.2) is 0 Å². The zero-order valence-electron chi connectivity index (χ0n) is 15.6. The summed E-state index contributed by atoms with van der Waals surface area (Å²) in [4.78, 5) is 28.4. The molecule has 0 bridgehead atoms. The van der Waals surface area contributed by atoms with E-state index in [2.05, 4.69) is 11.1 Å². The number of methoxy groups -OCH3 is 1. The highest BCUT2D eigenvalue weighted by molar-refractivity contribution is 5.94. The highest BCUT2D eigenvalue weighted by Gasteiger charge is 2.70. The van der Waals surface area contributed by atoms with Crippen molar-refractivity contribution in [2.75, 3.05) is 7.11 Å². The number of fused-ring (bicyclic) bond motifs is 2. The number of ether oxygens (including phenoxy) is 2. The van der Waals surface area contributed by atoms with Gasteiger partial charge in [0.05, 0.1) is 11.0 Å². The summed E-state index contributed by atoms with van der Waals surface area (Å²) >= 11 is 0. The van der Waals surface area contributed by atoms with Gasteiger partial charge in [0.1, 0.15) is 5.78 Å². The molecular formula is C22H23NO4. The average Bonchev–Trinajstić information content (AvgIpc) is 3.27. The first-order valence-electron chi connectivity index (χ1n) is 9.50. The van der Waals surface area contributed by atoms with Crippen molar-refractivity contribution in [1.82, 2.24) is 4.98 Å². The van der Waals surface area contributed by atoms with E-state index in [-0.39, 0.29) is 17.5 Å². The number of aromatic amines is 1. The largest absolute Gasteiger partial charge is 0.361 e. The number of aromatic nitrogens is 1. The van der Waals surface area contributed by atoms with Gasteiger partial charge in [-0.3, -0.25) is 9.59 Å². The molecule has 2 aromatic rings. The molecule has 1 N–H and O–H groups in total. The molecule has 2 heterocycles. The Morgan fingerprint density at radius 3 is 2.85 bits per heavy atom. The lowest BCUT2D eigenvalue weighted by Gasteiger charge is -2.39. The topological polar surface area (TPSA) is 68.4 Å². The summed E-state index contributed by atoms with van der Waals surface area (Å²) in [5, 5.41) is 1.09. The Balaban J connectivity index is 1.67. The average molecular weight is 365 g/mol. The summed E-state index contributed by atoms with van der Waals surface area (Å²) in [5.74, 6) is -0.809. The minimum Gasteiger partial charge on any atom is -0.361 e. The van der Waals surface area contributed by atoms with Gasteiger partial charge >= 0.3 is 0 Å². The number of rotatable bonds is 2. The molecule has 1 saturated heterocycles. The Morgan fingerprint density at radius 1 is 1.26 bits per heavy atom. The fourth-order valence-corrected chi connectivity index (χ4v) is 5.54. The molecule has 2 fully saturated rings. The molecule has 2 aliphatic carbocycles. The summed E-state index contributed by atoms with van der Waals surface area (Å²) in [7, 11) is 1.62. The normalized spacial score (nSPS) is 38.2. The lowest BCUT2D eigenvalue weighted by Crippen LogP contribution is -2.44. The minimum atomic E-state index is -0.917. The second kappa shape index (κ2) is 5.40. The third-order valence-corrected chi connectivity index (χ3v) is 6.99. The second-order valence-electron chi connectivity index (χ2n) is 8.29. The van der Waals surface area contributed by atoms with Gasteiger partial charge in [0, 0.05) is 49.4 Å². The van der Waals surface area contributed by atoms with Crippen LogP contribution in [0.1, 0.15) is 44.1 Å². The predicted molar refractivity (Wildman–Crippen MR) is 100 cm³/mol. The molecular weight excluding hydrogens is 342 g/mol. The molecule has 5 rings (SSSR count). The van der Waals surface area contributed by atoms with Crippen LogP contribution in [0.3, 0.4) is 0 Å². The van der Waals surface area contributed by atoms with Crippen molar-refractivity contribution in [1.29, 1.82) is 0 Å². The van der Waals surface area contributed by atoms with Crippen LogP contribution in [0.5, 0.6) is 0 Å². The Hall–Kier alpha value is -2.24. The lowest BCUT2D eigenvalue weighted by molar-refractivity contribution is -0.255.